The largest absolute Gasteiger partial charge is 0.485 e. The Labute approximate surface area is 181 Å². The maximum Gasteiger partial charge on any atom is 0.241 e. The van der Waals surface area contributed by atoms with E-state index < -0.39 is 0 Å². The molecule has 31 heavy (non-hydrogen) atoms. The zero-order chi connectivity index (χ0) is 21.0. The molecular weight excluding hydrogens is 390 g/mol. The molecule has 1 amide bonds. The molecule has 3 aromatic rings. The Hall–Kier alpha value is -3.38. The summed E-state index contributed by atoms with van der Waals surface area (Å²) in [6, 6.07) is 19.6. The highest BCUT2D eigenvalue weighted by atomic mass is 16.5. The van der Waals surface area contributed by atoms with E-state index in [0.29, 0.717) is 11.6 Å². The molecule has 5 rings (SSSR count). The zero-order valence-electron chi connectivity index (χ0n) is 17.2. The Balaban J connectivity index is 1.21. The van der Waals surface area contributed by atoms with Crippen molar-refractivity contribution in [1.29, 1.82) is 0 Å². The molecule has 2 atom stereocenters. The Morgan fingerprint density at radius 3 is 2.77 bits per heavy atom. The van der Waals surface area contributed by atoms with E-state index in [4.69, 9.17) is 9.47 Å². The van der Waals surface area contributed by atoms with Crippen LogP contribution in [0.1, 0.15) is 36.5 Å². The van der Waals surface area contributed by atoms with Crippen LogP contribution in [-0.2, 0) is 11.2 Å². The van der Waals surface area contributed by atoms with E-state index in [1.165, 1.54) is 5.56 Å². The fourth-order valence-corrected chi connectivity index (χ4v) is 4.10. The van der Waals surface area contributed by atoms with Gasteiger partial charge in [0.2, 0.25) is 11.8 Å². The van der Waals surface area contributed by atoms with Crippen molar-refractivity contribution in [3.05, 3.63) is 78.0 Å². The summed E-state index contributed by atoms with van der Waals surface area (Å²) >= 11 is 0. The SMILES string of the molecule is O=C(Nc1ccc(Oc2ccc3c(c2)CCC(c2ccccc2)O3)nc1)[C@@H]1CCCN1. The molecule has 0 radical (unpaired) electrons. The van der Waals surface area contributed by atoms with Crippen molar-refractivity contribution in [2.75, 3.05) is 11.9 Å². The second-order valence-electron chi connectivity index (χ2n) is 7.95. The van der Waals surface area contributed by atoms with Crippen molar-refractivity contribution >= 4 is 11.6 Å². The van der Waals surface area contributed by atoms with Crippen LogP contribution in [0, 0.1) is 0 Å². The Bertz CT molecular complexity index is 1050. The van der Waals surface area contributed by atoms with Gasteiger partial charge in [-0.2, -0.15) is 0 Å². The number of nitrogens with one attached hydrogen (secondary N) is 2. The minimum atomic E-state index is -0.116. The summed E-state index contributed by atoms with van der Waals surface area (Å²) in [6.45, 7) is 0.891. The lowest BCUT2D eigenvalue weighted by Gasteiger charge is -2.26. The molecule has 1 unspecified atom stereocenters. The molecule has 1 aromatic heterocycles. The molecule has 1 saturated heterocycles. The van der Waals surface area contributed by atoms with Crippen LogP contribution in [0.25, 0.3) is 0 Å². The number of ether oxygens (including phenoxy) is 2. The van der Waals surface area contributed by atoms with Crippen molar-refractivity contribution in [1.82, 2.24) is 10.3 Å². The van der Waals surface area contributed by atoms with Gasteiger partial charge in [-0.25, -0.2) is 4.98 Å². The first kappa shape index (κ1) is 19.6. The second-order valence-corrected chi connectivity index (χ2v) is 7.95. The summed E-state index contributed by atoms with van der Waals surface area (Å²) < 4.78 is 12.1. The molecule has 6 heteroatoms. The van der Waals surface area contributed by atoms with Gasteiger partial charge in [-0.15, -0.1) is 0 Å². The topological polar surface area (TPSA) is 72.5 Å². The number of pyridine rings is 1. The van der Waals surface area contributed by atoms with Crippen LogP contribution in [0.15, 0.2) is 66.9 Å². The minimum absolute atomic E-state index is 0.0172. The number of aromatic nitrogens is 1. The number of hydrogen-bond acceptors (Lipinski definition) is 5. The number of nitrogens with zero attached hydrogens (tertiary/aromatic N) is 1. The molecule has 6 nitrogen and oxygen atoms in total. The van der Waals surface area contributed by atoms with Crippen LogP contribution in [0.5, 0.6) is 17.4 Å². The van der Waals surface area contributed by atoms with Gasteiger partial charge in [0, 0.05) is 6.07 Å². The Morgan fingerprint density at radius 1 is 1.10 bits per heavy atom. The predicted molar refractivity (Wildman–Crippen MR) is 119 cm³/mol. The van der Waals surface area contributed by atoms with Gasteiger partial charge in [0.25, 0.3) is 0 Å². The average molecular weight is 415 g/mol. The van der Waals surface area contributed by atoms with Gasteiger partial charge in [-0.1, -0.05) is 30.3 Å². The van der Waals surface area contributed by atoms with Gasteiger partial charge in [0.05, 0.1) is 17.9 Å². The lowest BCUT2D eigenvalue weighted by molar-refractivity contribution is -0.117. The standard InChI is InChI=1S/C25H25N3O3/c29-25(21-7-4-14-26-21)28-19-9-13-24(27-16-19)30-20-10-12-23-18(15-20)8-11-22(31-23)17-5-2-1-3-6-17/h1-3,5-6,9-10,12-13,15-16,21-22,26H,4,7-8,11,14H2,(H,28,29)/t21-,22?/m0/s1. The number of rotatable bonds is 5. The maximum atomic E-state index is 12.2. The number of carbonyl (C=O) groups is 1. The number of benzene rings is 2. The number of anilines is 1. The highest BCUT2D eigenvalue weighted by Gasteiger charge is 2.23. The smallest absolute Gasteiger partial charge is 0.241 e. The number of hydrogen-bond donors (Lipinski definition) is 2. The quantitative estimate of drug-likeness (QED) is 0.636. The second kappa shape index (κ2) is 8.78. The minimum Gasteiger partial charge on any atom is -0.485 e. The van der Waals surface area contributed by atoms with Gasteiger partial charge in [-0.05, 0) is 67.6 Å². The monoisotopic (exact) mass is 415 g/mol. The molecule has 0 bridgehead atoms. The first-order valence-electron chi connectivity index (χ1n) is 10.8. The summed E-state index contributed by atoms with van der Waals surface area (Å²) in [6.07, 6.45) is 5.47. The molecule has 1 fully saturated rings. The molecule has 2 aromatic carbocycles. The molecule has 2 N–H and O–H groups in total. The van der Waals surface area contributed by atoms with Gasteiger partial charge in [-0.3, -0.25) is 4.79 Å². The molecule has 158 valence electrons. The molecule has 0 spiro atoms. The van der Waals surface area contributed by atoms with E-state index in [-0.39, 0.29) is 18.1 Å². The van der Waals surface area contributed by atoms with E-state index >= 15 is 0 Å². The van der Waals surface area contributed by atoms with E-state index in [9.17, 15) is 4.79 Å². The van der Waals surface area contributed by atoms with Crippen molar-refractivity contribution in [3.63, 3.8) is 0 Å². The molecule has 0 saturated carbocycles. The normalized spacial score (nSPS) is 19.9. The molecule has 0 aliphatic carbocycles. The molecule has 2 aliphatic heterocycles. The number of carbonyl (C=O) groups excluding carboxylic acids is 1. The van der Waals surface area contributed by atoms with E-state index in [1.807, 2.05) is 36.4 Å². The van der Waals surface area contributed by atoms with E-state index in [2.05, 4.69) is 27.8 Å². The van der Waals surface area contributed by atoms with Gasteiger partial charge < -0.3 is 20.1 Å². The highest BCUT2D eigenvalue weighted by molar-refractivity contribution is 5.94. The number of amides is 1. The van der Waals surface area contributed by atoms with Crippen LogP contribution in [0.4, 0.5) is 5.69 Å². The Kier molecular flexibility index (Phi) is 5.54. The lowest BCUT2D eigenvalue weighted by Crippen LogP contribution is -2.35. The summed E-state index contributed by atoms with van der Waals surface area (Å²) in [7, 11) is 0. The van der Waals surface area contributed by atoms with Crippen LogP contribution in [0.2, 0.25) is 0 Å². The van der Waals surface area contributed by atoms with Gasteiger partial charge in [0.15, 0.2) is 0 Å². The highest BCUT2D eigenvalue weighted by Crippen LogP contribution is 2.37. The third-order valence-electron chi connectivity index (χ3n) is 5.75. The lowest BCUT2D eigenvalue weighted by atomic mass is 9.97. The van der Waals surface area contributed by atoms with Crippen molar-refractivity contribution < 1.29 is 14.3 Å². The van der Waals surface area contributed by atoms with E-state index in [0.717, 1.165) is 49.3 Å². The first-order chi connectivity index (χ1) is 15.2. The predicted octanol–water partition coefficient (Wildman–Crippen LogP) is 4.63. The summed E-state index contributed by atoms with van der Waals surface area (Å²) in [5, 5.41) is 6.09. The summed E-state index contributed by atoms with van der Waals surface area (Å²) in [5.74, 6) is 2.09. The van der Waals surface area contributed by atoms with Crippen LogP contribution < -0.4 is 20.1 Å². The van der Waals surface area contributed by atoms with Crippen molar-refractivity contribution in [2.45, 2.75) is 37.8 Å². The summed E-state index contributed by atoms with van der Waals surface area (Å²) in [4.78, 5) is 16.5. The van der Waals surface area contributed by atoms with Gasteiger partial charge in [0.1, 0.15) is 17.6 Å². The number of fused-ring (bicyclic) bond motifs is 1. The average Bonchev–Trinajstić information content (AvgIpc) is 3.36. The third-order valence-corrected chi connectivity index (χ3v) is 5.75. The van der Waals surface area contributed by atoms with Crippen molar-refractivity contribution in [2.24, 2.45) is 0 Å². The van der Waals surface area contributed by atoms with Crippen LogP contribution >= 0.6 is 0 Å². The first-order valence-corrected chi connectivity index (χ1v) is 10.8. The Morgan fingerprint density at radius 2 is 2.00 bits per heavy atom. The van der Waals surface area contributed by atoms with Crippen LogP contribution in [0.3, 0.4) is 0 Å². The molecule has 3 heterocycles. The van der Waals surface area contributed by atoms with Gasteiger partial charge >= 0.3 is 0 Å². The summed E-state index contributed by atoms with van der Waals surface area (Å²) in [5.41, 5.74) is 3.00. The molecular formula is C25H25N3O3. The zero-order valence-corrected chi connectivity index (χ0v) is 17.2. The maximum absolute atomic E-state index is 12.2. The number of aryl methyl sites for hydroxylation is 1. The molecule has 2 aliphatic rings. The fraction of sp³-hybridized carbons (Fsp3) is 0.280. The fourth-order valence-electron chi connectivity index (χ4n) is 4.10. The van der Waals surface area contributed by atoms with E-state index in [1.54, 1.807) is 18.3 Å². The van der Waals surface area contributed by atoms with Crippen LogP contribution in [-0.4, -0.2) is 23.5 Å². The third kappa shape index (κ3) is 4.54. The van der Waals surface area contributed by atoms with Crippen molar-refractivity contribution in [3.8, 4) is 17.4 Å².